The minimum absolute atomic E-state index is 0.0193. The number of hydrogen-bond acceptors (Lipinski definition) is 1. The lowest BCUT2D eigenvalue weighted by molar-refractivity contribution is 0.248. The molecule has 0 heterocycles. The molecule has 0 radical (unpaired) electrons. The lowest BCUT2D eigenvalue weighted by Gasteiger charge is -2.25. The van der Waals surface area contributed by atoms with Crippen LogP contribution in [0, 0.1) is 6.92 Å². The van der Waals surface area contributed by atoms with Crippen molar-refractivity contribution in [1.82, 2.24) is 5.32 Å². The minimum Gasteiger partial charge on any atom is -0.331 e. The summed E-state index contributed by atoms with van der Waals surface area (Å²) >= 11 is 0. The van der Waals surface area contributed by atoms with Gasteiger partial charge >= 0.3 is 6.03 Å². The summed E-state index contributed by atoms with van der Waals surface area (Å²) in [6, 6.07) is 14.5. The number of aryl methyl sites for hydroxylation is 2. The molecule has 3 heteroatoms. The van der Waals surface area contributed by atoms with Crippen molar-refractivity contribution in [3.63, 3.8) is 0 Å². The van der Waals surface area contributed by atoms with Gasteiger partial charge in [0.25, 0.3) is 0 Å². The molecule has 0 bridgehead atoms. The van der Waals surface area contributed by atoms with Gasteiger partial charge in [0.15, 0.2) is 0 Å². The van der Waals surface area contributed by atoms with E-state index in [0.29, 0.717) is 0 Å². The molecule has 3 rings (SSSR count). The quantitative estimate of drug-likeness (QED) is 0.793. The van der Waals surface area contributed by atoms with Gasteiger partial charge in [-0.2, -0.15) is 0 Å². The van der Waals surface area contributed by atoms with Crippen LogP contribution in [0.25, 0.3) is 0 Å². The number of nitrogens with one attached hydrogen (secondary N) is 2. The molecule has 0 spiro atoms. The SMILES string of the molecule is Cc1cccc(C(C)(C)C)c1NC(=O)NC1CCc2ccccc21. The molecule has 2 aromatic rings. The topological polar surface area (TPSA) is 41.1 Å². The van der Waals surface area contributed by atoms with E-state index in [1.165, 1.54) is 11.1 Å². The Balaban J connectivity index is 1.77. The van der Waals surface area contributed by atoms with E-state index in [4.69, 9.17) is 0 Å². The van der Waals surface area contributed by atoms with Gasteiger partial charge in [-0.15, -0.1) is 0 Å². The van der Waals surface area contributed by atoms with Crippen LogP contribution in [0.2, 0.25) is 0 Å². The van der Waals surface area contributed by atoms with Crippen LogP contribution in [-0.4, -0.2) is 6.03 Å². The molecular weight excluding hydrogens is 296 g/mol. The van der Waals surface area contributed by atoms with Crippen molar-refractivity contribution in [3.8, 4) is 0 Å². The fourth-order valence-electron chi connectivity index (χ4n) is 3.47. The molecule has 24 heavy (non-hydrogen) atoms. The maximum absolute atomic E-state index is 12.6. The van der Waals surface area contributed by atoms with E-state index in [2.05, 4.69) is 55.7 Å². The second-order valence-corrected chi connectivity index (χ2v) is 7.64. The molecule has 1 unspecified atom stereocenters. The van der Waals surface area contributed by atoms with Gasteiger partial charge in [0.2, 0.25) is 0 Å². The molecule has 126 valence electrons. The largest absolute Gasteiger partial charge is 0.331 e. The Hall–Kier alpha value is -2.29. The molecule has 1 aliphatic carbocycles. The maximum Gasteiger partial charge on any atom is 0.319 e. The zero-order valence-corrected chi connectivity index (χ0v) is 14.9. The molecule has 0 fully saturated rings. The molecule has 1 atom stereocenters. The first-order valence-electron chi connectivity index (χ1n) is 8.61. The first-order valence-corrected chi connectivity index (χ1v) is 8.61. The number of hydrogen-bond donors (Lipinski definition) is 2. The molecule has 0 aromatic heterocycles. The van der Waals surface area contributed by atoms with Crippen molar-refractivity contribution in [2.24, 2.45) is 0 Å². The normalized spacial score (nSPS) is 16.6. The zero-order chi connectivity index (χ0) is 17.3. The molecule has 2 aromatic carbocycles. The summed E-state index contributed by atoms with van der Waals surface area (Å²) in [5, 5.41) is 6.23. The van der Waals surface area contributed by atoms with E-state index in [0.717, 1.165) is 29.7 Å². The van der Waals surface area contributed by atoms with Gasteiger partial charge in [0.1, 0.15) is 0 Å². The van der Waals surface area contributed by atoms with Gasteiger partial charge in [-0.05, 0) is 47.4 Å². The molecule has 0 saturated heterocycles. The van der Waals surface area contributed by atoms with Crippen LogP contribution < -0.4 is 10.6 Å². The lowest BCUT2D eigenvalue weighted by Crippen LogP contribution is -2.32. The molecule has 3 nitrogen and oxygen atoms in total. The Morgan fingerprint density at radius 1 is 1.08 bits per heavy atom. The second kappa shape index (κ2) is 6.31. The van der Waals surface area contributed by atoms with Gasteiger partial charge in [0.05, 0.1) is 6.04 Å². The van der Waals surface area contributed by atoms with Crippen LogP contribution in [0.15, 0.2) is 42.5 Å². The Kier molecular flexibility index (Phi) is 4.35. The summed E-state index contributed by atoms with van der Waals surface area (Å²) < 4.78 is 0. The van der Waals surface area contributed by atoms with Crippen molar-refractivity contribution in [2.45, 2.75) is 52.0 Å². The number of para-hydroxylation sites is 1. The number of carbonyl (C=O) groups is 1. The summed E-state index contributed by atoms with van der Waals surface area (Å²) in [7, 11) is 0. The summed E-state index contributed by atoms with van der Waals surface area (Å²) in [4.78, 5) is 12.6. The van der Waals surface area contributed by atoms with Crippen LogP contribution in [0.1, 0.15) is 55.5 Å². The van der Waals surface area contributed by atoms with Crippen molar-refractivity contribution in [2.75, 3.05) is 5.32 Å². The number of anilines is 1. The highest BCUT2D eigenvalue weighted by Crippen LogP contribution is 2.33. The summed E-state index contributed by atoms with van der Waals surface area (Å²) in [5.74, 6) is 0. The second-order valence-electron chi connectivity index (χ2n) is 7.64. The summed E-state index contributed by atoms with van der Waals surface area (Å²) in [6.07, 6.45) is 1.99. The number of fused-ring (bicyclic) bond motifs is 1. The highest BCUT2D eigenvalue weighted by atomic mass is 16.2. The molecular formula is C21H26N2O. The van der Waals surface area contributed by atoms with E-state index in [9.17, 15) is 4.79 Å². The van der Waals surface area contributed by atoms with Crippen LogP contribution >= 0.6 is 0 Å². The monoisotopic (exact) mass is 322 g/mol. The average Bonchev–Trinajstić information content (AvgIpc) is 2.91. The number of rotatable bonds is 2. The van der Waals surface area contributed by atoms with Crippen LogP contribution in [0.4, 0.5) is 10.5 Å². The molecule has 0 aliphatic heterocycles. The molecule has 0 saturated carbocycles. The van der Waals surface area contributed by atoms with E-state index >= 15 is 0 Å². The van der Waals surface area contributed by atoms with Gasteiger partial charge in [-0.1, -0.05) is 63.2 Å². The van der Waals surface area contributed by atoms with Crippen molar-refractivity contribution < 1.29 is 4.79 Å². The number of benzene rings is 2. The fourth-order valence-corrected chi connectivity index (χ4v) is 3.47. The highest BCUT2D eigenvalue weighted by Gasteiger charge is 2.25. The van der Waals surface area contributed by atoms with Crippen molar-refractivity contribution in [3.05, 3.63) is 64.7 Å². The smallest absolute Gasteiger partial charge is 0.319 e. The van der Waals surface area contributed by atoms with Crippen LogP contribution in [0.3, 0.4) is 0 Å². The summed E-state index contributed by atoms with van der Waals surface area (Å²) in [6.45, 7) is 8.53. The predicted octanol–water partition coefficient (Wildman–Crippen LogP) is 5.10. The van der Waals surface area contributed by atoms with Crippen LogP contribution in [-0.2, 0) is 11.8 Å². The maximum atomic E-state index is 12.6. The van der Waals surface area contributed by atoms with Gasteiger partial charge < -0.3 is 10.6 Å². The van der Waals surface area contributed by atoms with Crippen LogP contribution in [0.5, 0.6) is 0 Å². The third kappa shape index (κ3) is 3.30. The first-order chi connectivity index (χ1) is 11.4. The highest BCUT2D eigenvalue weighted by molar-refractivity contribution is 5.91. The predicted molar refractivity (Wildman–Crippen MR) is 99.5 cm³/mol. The van der Waals surface area contributed by atoms with Gasteiger partial charge in [0, 0.05) is 5.69 Å². The van der Waals surface area contributed by atoms with E-state index in [1.807, 2.05) is 25.1 Å². The fraction of sp³-hybridized carbons (Fsp3) is 0.381. The Labute approximate surface area is 144 Å². The van der Waals surface area contributed by atoms with E-state index in [1.54, 1.807) is 0 Å². The molecule has 1 aliphatic rings. The minimum atomic E-state index is -0.128. The van der Waals surface area contributed by atoms with Gasteiger partial charge in [-0.25, -0.2) is 4.79 Å². The number of urea groups is 1. The number of amides is 2. The summed E-state index contributed by atoms with van der Waals surface area (Å²) in [5.41, 5.74) is 5.74. The standard InChI is InChI=1S/C21H26N2O/c1-14-8-7-11-17(21(2,3)4)19(14)23-20(24)22-18-13-12-15-9-5-6-10-16(15)18/h5-11,18H,12-13H2,1-4H3,(H2,22,23,24). The number of carbonyl (C=O) groups excluding carboxylic acids is 1. The first kappa shape index (κ1) is 16.6. The van der Waals surface area contributed by atoms with Crippen molar-refractivity contribution >= 4 is 11.7 Å². The Morgan fingerprint density at radius 3 is 2.58 bits per heavy atom. The lowest BCUT2D eigenvalue weighted by atomic mass is 9.84. The molecule has 2 amide bonds. The Bertz CT molecular complexity index is 759. The van der Waals surface area contributed by atoms with Crippen molar-refractivity contribution in [1.29, 1.82) is 0 Å². The third-order valence-corrected chi connectivity index (χ3v) is 4.76. The molecule has 2 N–H and O–H groups in total. The zero-order valence-electron chi connectivity index (χ0n) is 14.9. The third-order valence-electron chi connectivity index (χ3n) is 4.76. The van der Waals surface area contributed by atoms with Gasteiger partial charge in [-0.3, -0.25) is 0 Å². The average molecular weight is 322 g/mol. The van der Waals surface area contributed by atoms with E-state index in [-0.39, 0.29) is 17.5 Å². The van der Waals surface area contributed by atoms with E-state index < -0.39 is 0 Å². The Morgan fingerprint density at radius 2 is 1.83 bits per heavy atom.